The molecule has 0 aliphatic carbocycles. The molecule has 2 rings (SSSR count). The lowest BCUT2D eigenvalue weighted by Gasteiger charge is -2.32. The number of nitro groups is 1. The van der Waals surface area contributed by atoms with E-state index in [0.29, 0.717) is 6.54 Å². The van der Waals surface area contributed by atoms with Crippen LogP contribution in [0.15, 0.2) is 18.2 Å². The monoisotopic (exact) mass is 236 g/mol. The molecule has 1 saturated heterocycles. The van der Waals surface area contributed by atoms with Crippen LogP contribution in [0.3, 0.4) is 0 Å². The highest BCUT2D eigenvalue weighted by Gasteiger charge is 2.19. The third kappa shape index (κ3) is 2.74. The van der Waals surface area contributed by atoms with Crippen molar-refractivity contribution in [2.75, 3.05) is 18.0 Å². The second kappa shape index (κ2) is 4.71. The highest BCUT2D eigenvalue weighted by atomic mass is 16.6. The second-order valence-electron chi connectivity index (χ2n) is 4.53. The van der Waals surface area contributed by atoms with E-state index in [9.17, 15) is 15.2 Å². The number of piperidine rings is 1. The molecule has 0 radical (unpaired) electrons. The van der Waals surface area contributed by atoms with Crippen LogP contribution in [-0.4, -0.2) is 29.2 Å². The number of aliphatic hydroxyl groups is 1. The Morgan fingerprint density at radius 2 is 2.24 bits per heavy atom. The Balaban J connectivity index is 2.28. The molecule has 0 aromatic heterocycles. The maximum Gasteiger partial charge on any atom is 0.271 e. The van der Waals surface area contributed by atoms with Gasteiger partial charge in [0.2, 0.25) is 0 Å². The van der Waals surface area contributed by atoms with Crippen molar-refractivity contribution in [3.05, 3.63) is 33.9 Å². The zero-order valence-corrected chi connectivity index (χ0v) is 9.80. The van der Waals surface area contributed by atoms with E-state index in [1.54, 1.807) is 12.1 Å². The summed E-state index contributed by atoms with van der Waals surface area (Å²) in [7, 11) is 0. The van der Waals surface area contributed by atoms with Crippen molar-refractivity contribution in [3.8, 4) is 0 Å². The van der Waals surface area contributed by atoms with Crippen LogP contribution in [0, 0.1) is 17.0 Å². The molecule has 92 valence electrons. The van der Waals surface area contributed by atoms with Crippen molar-refractivity contribution in [1.29, 1.82) is 0 Å². The van der Waals surface area contributed by atoms with Gasteiger partial charge in [-0.25, -0.2) is 0 Å². The molecule has 1 fully saturated rings. The molecular formula is C12H16N2O3. The Hall–Kier alpha value is -1.62. The average Bonchev–Trinajstić information content (AvgIpc) is 2.28. The zero-order chi connectivity index (χ0) is 12.4. The molecule has 17 heavy (non-hydrogen) atoms. The summed E-state index contributed by atoms with van der Waals surface area (Å²) in [5, 5.41) is 20.4. The topological polar surface area (TPSA) is 66.6 Å². The van der Waals surface area contributed by atoms with Crippen LogP contribution in [0.25, 0.3) is 0 Å². The number of hydrogen-bond donors (Lipinski definition) is 1. The first-order valence-electron chi connectivity index (χ1n) is 5.75. The maximum absolute atomic E-state index is 10.8. The number of rotatable bonds is 2. The van der Waals surface area contributed by atoms with Gasteiger partial charge >= 0.3 is 0 Å². The average molecular weight is 236 g/mol. The van der Waals surface area contributed by atoms with E-state index in [4.69, 9.17) is 0 Å². The number of aliphatic hydroxyl groups excluding tert-OH is 1. The highest BCUT2D eigenvalue weighted by molar-refractivity contribution is 5.56. The number of β-amino-alcohol motifs (C(OH)–C–C–N with tert-alkyl or cyclic N) is 1. The van der Waals surface area contributed by atoms with Crippen molar-refractivity contribution in [3.63, 3.8) is 0 Å². The number of hydrogen-bond acceptors (Lipinski definition) is 4. The molecule has 5 heteroatoms. The van der Waals surface area contributed by atoms with Gasteiger partial charge < -0.3 is 10.0 Å². The van der Waals surface area contributed by atoms with Gasteiger partial charge in [-0.3, -0.25) is 10.1 Å². The first-order valence-corrected chi connectivity index (χ1v) is 5.75. The fourth-order valence-corrected chi connectivity index (χ4v) is 2.22. The van der Waals surface area contributed by atoms with E-state index in [1.807, 2.05) is 17.9 Å². The van der Waals surface area contributed by atoms with Crippen LogP contribution in [0.1, 0.15) is 18.4 Å². The Morgan fingerprint density at radius 1 is 1.47 bits per heavy atom. The van der Waals surface area contributed by atoms with E-state index < -0.39 is 0 Å². The smallest absolute Gasteiger partial charge is 0.271 e. The van der Waals surface area contributed by atoms with Gasteiger partial charge in [0.05, 0.1) is 11.0 Å². The van der Waals surface area contributed by atoms with E-state index in [0.717, 1.165) is 30.6 Å². The summed E-state index contributed by atoms with van der Waals surface area (Å²) in [5.41, 5.74) is 1.81. The van der Waals surface area contributed by atoms with Crippen molar-refractivity contribution >= 4 is 11.4 Å². The predicted octanol–water partition coefficient (Wildman–Crippen LogP) is 1.86. The molecule has 1 aliphatic rings. The van der Waals surface area contributed by atoms with E-state index >= 15 is 0 Å². The van der Waals surface area contributed by atoms with Crippen LogP contribution in [0.2, 0.25) is 0 Å². The number of nitrogens with zero attached hydrogens (tertiary/aromatic N) is 2. The number of nitro benzene ring substituents is 1. The lowest BCUT2D eigenvalue weighted by Crippen LogP contribution is -2.38. The standard InChI is InChI=1S/C12H16N2O3/c1-9-5-10(7-11(6-9)14(16)17)13-4-2-3-12(15)8-13/h5-7,12,15H,2-4,8H2,1H3/t12-/m0/s1. The van der Waals surface area contributed by atoms with E-state index in [2.05, 4.69) is 0 Å². The molecule has 1 heterocycles. The van der Waals surface area contributed by atoms with Gasteiger partial charge in [-0.2, -0.15) is 0 Å². The van der Waals surface area contributed by atoms with Gasteiger partial charge in [0, 0.05) is 30.9 Å². The number of benzene rings is 1. The molecule has 0 bridgehead atoms. The fraction of sp³-hybridized carbons (Fsp3) is 0.500. The van der Waals surface area contributed by atoms with Gasteiger partial charge in [-0.1, -0.05) is 0 Å². The largest absolute Gasteiger partial charge is 0.391 e. The summed E-state index contributed by atoms with van der Waals surface area (Å²) in [6, 6.07) is 5.06. The number of non-ortho nitro benzene ring substituents is 1. The van der Waals surface area contributed by atoms with E-state index in [-0.39, 0.29) is 16.7 Å². The minimum Gasteiger partial charge on any atom is -0.391 e. The fourth-order valence-electron chi connectivity index (χ4n) is 2.22. The lowest BCUT2D eigenvalue weighted by molar-refractivity contribution is -0.384. The Kier molecular flexibility index (Phi) is 3.28. The molecule has 1 aromatic rings. The van der Waals surface area contributed by atoms with Crippen molar-refractivity contribution < 1.29 is 10.0 Å². The molecule has 1 aliphatic heterocycles. The molecule has 0 spiro atoms. The lowest BCUT2D eigenvalue weighted by atomic mass is 10.1. The van der Waals surface area contributed by atoms with Crippen molar-refractivity contribution in [1.82, 2.24) is 0 Å². The first-order chi connectivity index (χ1) is 8.06. The van der Waals surface area contributed by atoms with Crippen molar-refractivity contribution in [2.24, 2.45) is 0 Å². The second-order valence-corrected chi connectivity index (χ2v) is 4.53. The predicted molar refractivity (Wildman–Crippen MR) is 65.3 cm³/mol. The van der Waals surface area contributed by atoms with Gasteiger partial charge in [-0.15, -0.1) is 0 Å². The SMILES string of the molecule is Cc1cc(N2CCC[C@H](O)C2)cc([N+](=O)[O-])c1. The molecule has 0 amide bonds. The quantitative estimate of drug-likeness (QED) is 0.628. The molecule has 1 atom stereocenters. The third-order valence-corrected chi connectivity index (χ3v) is 3.02. The molecule has 1 N–H and O–H groups in total. The van der Waals surface area contributed by atoms with Crippen LogP contribution in [0.4, 0.5) is 11.4 Å². The van der Waals surface area contributed by atoms with Crippen LogP contribution in [0.5, 0.6) is 0 Å². The first kappa shape index (κ1) is 11.9. The van der Waals surface area contributed by atoms with Gasteiger partial charge in [0.25, 0.3) is 5.69 Å². The van der Waals surface area contributed by atoms with Gasteiger partial charge in [0.15, 0.2) is 0 Å². The summed E-state index contributed by atoms with van der Waals surface area (Å²) in [5.74, 6) is 0. The van der Waals surface area contributed by atoms with Crippen LogP contribution < -0.4 is 4.90 Å². The molecule has 0 saturated carbocycles. The third-order valence-electron chi connectivity index (χ3n) is 3.02. The molecular weight excluding hydrogens is 220 g/mol. The molecule has 5 nitrogen and oxygen atoms in total. The summed E-state index contributed by atoms with van der Waals surface area (Å²) in [4.78, 5) is 12.4. The Labute approximate surface area is 99.8 Å². The highest BCUT2D eigenvalue weighted by Crippen LogP contribution is 2.26. The van der Waals surface area contributed by atoms with Crippen LogP contribution in [-0.2, 0) is 0 Å². The van der Waals surface area contributed by atoms with Crippen LogP contribution >= 0.6 is 0 Å². The normalized spacial score (nSPS) is 20.4. The maximum atomic E-state index is 10.8. The minimum atomic E-state index is -0.378. The minimum absolute atomic E-state index is 0.111. The molecule has 0 unspecified atom stereocenters. The Bertz CT molecular complexity index is 434. The zero-order valence-electron chi connectivity index (χ0n) is 9.80. The van der Waals surface area contributed by atoms with Gasteiger partial charge in [-0.05, 0) is 31.4 Å². The number of aryl methyl sites for hydroxylation is 1. The van der Waals surface area contributed by atoms with E-state index in [1.165, 1.54) is 0 Å². The molecule has 1 aromatic carbocycles. The van der Waals surface area contributed by atoms with Crippen molar-refractivity contribution in [2.45, 2.75) is 25.9 Å². The summed E-state index contributed by atoms with van der Waals surface area (Å²) >= 11 is 0. The Morgan fingerprint density at radius 3 is 2.88 bits per heavy atom. The summed E-state index contributed by atoms with van der Waals surface area (Å²) in [6.07, 6.45) is 1.40. The summed E-state index contributed by atoms with van der Waals surface area (Å²) < 4.78 is 0. The van der Waals surface area contributed by atoms with Gasteiger partial charge in [0.1, 0.15) is 0 Å². The number of anilines is 1. The summed E-state index contributed by atoms with van der Waals surface area (Å²) in [6.45, 7) is 3.25.